The number of pyridine rings is 1. The summed E-state index contributed by atoms with van der Waals surface area (Å²) in [5.41, 5.74) is 3.05. The van der Waals surface area contributed by atoms with Crippen LogP contribution in [0, 0.1) is 6.92 Å². The third kappa shape index (κ3) is 5.01. The lowest BCUT2D eigenvalue weighted by atomic mass is 10.2. The van der Waals surface area contributed by atoms with E-state index in [0.29, 0.717) is 17.8 Å². The zero-order valence-electron chi connectivity index (χ0n) is 15.7. The van der Waals surface area contributed by atoms with E-state index in [2.05, 4.69) is 43.2 Å². The number of aromatic nitrogens is 1. The number of nitrogens with one attached hydrogen (secondary N) is 1. The minimum absolute atomic E-state index is 0.0261. The zero-order valence-corrected chi connectivity index (χ0v) is 16.6. The van der Waals surface area contributed by atoms with E-state index >= 15 is 0 Å². The van der Waals surface area contributed by atoms with Crippen LogP contribution in [-0.2, 0) is 6.54 Å². The summed E-state index contributed by atoms with van der Waals surface area (Å²) in [5.74, 6) is 0. The number of thioether (sulfide) groups is 1. The van der Waals surface area contributed by atoms with Gasteiger partial charge in [-0.2, -0.15) is 0 Å². The van der Waals surface area contributed by atoms with Crippen molar-refractivity contribution in [3.05, 3.63) is 53.9 Å². The van der Waals surface area contributed by atoms with Gasteiger partial charge in [0.05, 0.1) is 0 Å². The molecule has 5 heteroatoms. The fraction of sp³-hybridized carbons (Fsp3) is 0.429. The second kappa shape index (κ2) is 8.58. The number of hydrogen-bond acceptors (Lipinski definition) is 3. The van der Waals surface area contributed by atoms with Crippen molar-refractivity contribution in [3.8, 4) is 0 Å². The van der Waals surface area contributed by atoms with Crippen molar-refractivity contribution in [1.29, 1.82) is 0 Å². The maximum atomic E-state index is 12.8. The van der Waals surface area contributed by atoms with Crippen LogP contribution in [0.5, 0.6) is 0 Å². The highest BCUT2D eigenvalue weighted by Crippen LogP contribution is 2.31. The Morgan fingerprint density at radius 3 is 2.81 bits per heavy atom. The minimum Gasteiger partial charge on any atom is -0.317 e. The van der Waals surface area contributed by atoms with Gasteiger partial charge < -0.3 is 10.2 Å². The van der Waals surface area contributed by atoms with Gasteiger partial charge in [-0.25, -0.2) is 4.79 Å². The maximum Gasteiger partial charge on any atom is 0.322 e. The first-order valence-electron chi connectivity index (χ1n) is 9.30. The fourth-order valence-electron chi connectivity index (χ4n) is 2.79. The first-order valence-corrected chi connectivity index (χ1v) is 10.2. The van der Waals surface area contributed by atoms with Gasteiger partial charge in [0.2, 0.25) is 0 Å². The topological polar surface area (TPSA) is 45.2 Å². The maximum absolute atomic E-state index is 12.8. The molecule has 1 N–H and O–H groups in total. The summed E-state index contributed by atoms with van der Waals surface area (Å²) >= 11 is 1.88. The number of hydrogen-bond donors (Lipinski definition) is 1. The summed E-state index contributed by atoms with van der Waals surface area (Å²) in [5, 5.41) is 3.70. The summed E-state index contributed by atoms with van der Waals surface area (Å²) in [6.07, 6.45) is 6.89. The van der Waals surface area contributed by atoms with E-state index in [1.807, 2.05) is 41.1 Å². The molecule has 0 spiro atoms. The van der Waals surface area contributed by atoms with Crippen LogP contribution in [0.4, 0.5) is 10.5 Å². The average Bonchev–Trinajstić information content (AvgIpc) is 3.47. The van der Waals surface area contributed by atoms with Crippen molar-refractivity contribution in [3.63, 3.8) is 0 Å². The first-order chi connectivity index (χ1) is 12.6. The summed E-state index contributed by atoms with van der Waals surface area (Å²) in [6.45, 7) is 7.10. The summed E-state index contributed by atoms with van der Waals surface area (Å²) in [6, 6.07) is 10.5. The Morgan fingerprint density at radius 1 is 1.38 bits per heavy atom. The molecule has 2 amide bonds. The molecule has 138 valence electrons. The summed E-state index contributed by atoms with van der Waals surface area (Å²) < 4.78 is 0. The molecule has 3 rings (SSSR count). The van der Waals surface area contributed by atoms with E-state index in [1.54, 1.807) is 6.20 Å². The van der Waals surface area contributed by atoms with Crippen molar-refractivity contribution in [2.75, 3.05) is 5.32 Å². The molecule has 1 aromatic carbocycles. The Hall–Kier alpha value is -2.01. The van der Waals surface area contributed by atoms with Crippen molar-refractivity contribution < 1.29 is 4.79 Å². The van der Waals surface area contributed by atoms with Gasteiger partial charge >= 0.3 is 6.03 Å². The summed E-state index contributed by atoms with van der Waals surface area (Å²) in [7, 11) is 0. The van der Waals surface area contributed by atoms with Gasteiger partial charge in [-0.15, -0.1) is 11.8 Å². The number of rotatable bonds is 7. The van der Waals surface area contributed by atoms with Crippen LogP contribution >= 0.6 is 11.8 Å². The van der Waals surface area contributed by atoms with Crippen molar-refractivity contribution in [1.82, 2.24) is 9.88 Å². The first kappa shape index (κ1) is 18.8. The van der Waals surface area contributed by atoms with E-state index in [9.17, 15) is 4.79 Å². The fourth-order valence-corrected chi connectivity index (χ4v) is 3.82. The number of benzene rings is 1. The second-order valence-electron chi connectivity index (χ2n) is 6.96. The number of nitrogens with zero attached hydrogens (tertiary/aromatic N) is 2. The number of anilines is 1. The van der Waals surface area contributed by atoms with Gasteiger partial charge in [0.25, 0.3) is 0 Å². The van der Waals surface area contributed by atoms with Gasteiger partial charge in [0.15, 0.2) is 0 Å². The van der Waals surface area contributed by atoms with Crippen LogP contribution in [0.25, 0.3) is 0 Å². The van der Waals surface area contributed by atoms with Crippen LogP contribution < -0.4 is 5.32 Å². The van der Waals surface area contributed by atoms with Gasteiger partial charge in [0.1, 0.15) is 0 Å². The third-order valence-corrected chi connectivity index (χ3v) is 5.94. The van der Waals surface area contributed by atoms with Gasteiger partial charge in [-0.1, -0.05) is 19.9 Å². The highest BCUT2D eigenvalue weighted by Gasteiger charge is 2.32. The summed E-state index contributed by atoms with van der Waals surface area (Å²) in [4.78, 5) is 20.2. The number of aryl methyl sites for hydroxylation is 1. The quantitative estimate of drug-likeness (QED) is 0.658. The van der Waals surface area contributed by atoms with E-state index < -0.39 is 0 Å². The molecule has 1 aliphatic rings. The number of amides is 2. The lowest BCUT2D eigenvalue weighted by Crippen LogP contribution is -2.36. The molecule has 1 atom stereocenters. The normalized spacial score (nSPS) is 14.7. The molecule has 0 bridgehead atoms. The predicted octanol–water partition coefficient (Wildman–Crippen LogP) is 5.48. The van der Waals surface area contributed by atoms with E-state index in [1.165, 1.54) is 4.90 Å². The molecular weight excluding hydrogens is 342 g/mol. The van der Waals surface area contributed by atoms with E-state index in [0.717, 1.165) is 36.1 Å². The zero-order chi connectivity index (χ0) is 18.5. The molecule has 1 unspecified atom stereocenters. The van der Waals surface area contributed by atoms with Crippen molar-refractivity contribution in [2.24, 2.45) is 0 Å². The highest BCUT2D eigenvalue weighted by molar-refractivity contribution is 7.99. The molecule has 1 aromatic heterocycles. The van der Waals surface area contributed by atoms with Crippen LogP contribution in [0.2, 0.25) is 0 Å². The number of urea groups is 1. The Labute approximate surface area is 160 Å². The molecule has 26 heavy (non-hydrogen) atoms. The van der Waals surface area contributed by atoms with Crippen molar-refractivity contribution >= 4 is 23.5 Å². The molecule has 1 fully saturated rings. The Bertz CT molecular complexity index is 746. The van der Waals surface area contributed by atoms with Crippen LogP contribution in [0.15, 0.2) is 47.6 Å². The highest BCUT2D eigenvalue weighted by atomic mass is 32.2. The molecule has 1 heterocycles. The van der Waals surface area contributed by atoms with Crippen LogP contribution in [0.3, 0.4) is 0 Å². The van der Waals surface area contributed by atoms with Crippen LogP contribution in [0.1, 0.15) is 44.2 Å². The molecule has 1 aliphatic carbocycles. The van der Waals surface area contributed by atoms with E-state index in [4.69, 9.17) is 0 Å². The molecule has 0 aliphatic heterocycles. The van der Waals surface area contributed by atoms with Crippen molar-refractivity contribution in [2.45, 2.75) is 62.8 Å². The Morgan fingerprint density at radius 2 is 2.19 bits per heavy atom. The van der Waals surface area contributed by atoms with Gasteiger partial charge in [-0.05, 0) is 61.6 Å². The SMILES string of the molecule is CCC(C)Sc1ccc(NC(=O)N(Cc2cccnc2)C2CC2)c(C)c1. The lowest BCUT2D eigenvalue weighted by molar-refractivity contribution is 0.206. The number of carbonyl (C=O) groups is 1. The standard InChI is InChI=1S/C21H27N3OS/c1-4-16(3)26-19-9-10-20(15(2)12-19)23-21(25)24(18-7-8-18)14-17-6-5-11-22-13-17/h5-6,9-13,16,18H,4,7-8,14H2,1-3H3,(H,23,25). The molecule has 0 saturated heterocycles. The molecule has 0 radical (unpaired) electrons. The van der Waals surface area contributed by atoms with Gasteiger partial charge in [-0.3, -0.25) is 4.98 Å². The largest absolute Gasteiger partial charge is 0.322 e. The smallest absolute Gasteiger partial charge is 0.317 e. The third-order valence-electron chi connectivity index (χ3n) is 4.68. The average molecular weight is 370 g/mol. The van der Waals surface area contributed by atoms with E-state index in [-0.39, 0.29) is 6.03 Å². The predicted molar refractivity (Wildman–Crippen MR) is 109 cm³/mol. The molecule has 4 nitrogen and oxygen atoms in total. The van der Waals surface area contributed by atoms with Gasteiger partial charge in [0, 0.05) is 40.8 Å². The molecular formula is C21H27N3OS. The van der Waals surface area contributed by atoms with Crippen LogP contribution in [-0.4, -0.2) is 27.2 Å². The lowest BCUT2D eigenvalue weighted by Gasteiger charge is -2.23. The monoisotopic (exact) mass is 369 g/mol. The Kier molecular flexibility index (Phi) is 6.20. The second-order valence-corrected chi connectivity index (χ2v) is 8.48. The Balaban J connectivity index is 1.67. The minimum atomic E-state index is -0.0261. The number of carbonyl (C=O) groups excluding carboxylic acids is 1. The molecule has 1 saturated carbocycles. The molecule has 2 aromatic rings.